The number of carboxylic acid groups (broad SMARTS) is 1. The Kier molecular flexibility index (Phi) is 5.59. The SMILES string of the molecule is O=C(O)c1ccc(CNCC2(Sc3ccccc3)CCCC2)cc1. The fourth-order valence-electron chi connectivity index (χ4n) is 3.27. The zero-order valence-electron chi connectivity index (χ0n) is 13.7. The molecule has 3 nitrogen and oxygen atoms in total. The molecule has 2 aromatic carbocycles. The molecule has 1 aliphatic carbocycles. The summed E-state index contributed by atoms with van der Waals surface area (Å²) >= 11 is 2.00. The number of thioether (sulfide) groups is 1. The molecule has 0 atom stereocenters. The fraction of sp³-hybridized carbons (Fsp3) is 0.350. The molecule has 0 aromatic heterocycles. The lowest BCUT2D eigenvalue weighted by atomic mass is 10.1. The van der Waals surface area contributed by atoms with Crippen molar-refractivity contribution >= 4 is 17.7 Å². The monoisotopic (exact) mass is 341 g/mol. The molecule has 0 spiro atoms. The van der Waals surface area contributed by atoms with Gasteiger partial charge in [-0.25, -0.2) is 4.79 Å². The van der Waals surface area contributed by atoms with Crippen molar-refractivity contribution in [3.8, 4) is 0 Å². The molecule has 1 aliphatic rings. The molecule has 2 aromatic rings. The highest BCUT2D eigenvalue weighted by atomic mass is 32.2. The summed E-state index contributed by atoms with van der Waals surface area (Å²) in [6.45, 7) is 1.75. The first-order chi connectivity index (χ1) is 11.7. The lowest BCUT2D eigenvalue weighted by Crippen LogP contribution is -2.35. The number of hydrogen-bond donors (Lipinski definition) is 2. The zero-order valence-corrected chi connectivity index (χ0v) is 14.5. The quantitative estimate of drug-likeness (QED) is 0.774. The lowest BCUT2D eigenvalue weighted by Gasteiger charge is -2.29. The summed E-state index contributed by atoms with van der Waals surface area (Å²) in [6, 6.07) is 17.8. The normalized spacial score (nSPS) is 16.2. The van der Waals surface area contributed by atoms with Crippen LogP contribution in [0.3, 0.4) is 0 Å². The third-order valence-corrected chi connectivity index (χ3v) is 6.06. The van der Waals surface area contributed by atoms with E-state index < -0.39 is 5.97 Å². The molecule has 0 radical (unpaired) electrons. The second-order valence-corrected chi connectivity index (χ2v) is 7.95. The summed E-state index contributed by atoms with van der Waals surface area (Å²) in [7, 11) is 0. The molecule has 3 rings (SSSR count). The molecule has 4 heteroatoms. The van der Waals surface area contributed by atoms with Crippen LogP contribution in [0.15, 0.2) is 59.5 Å². The molecule has 126 valence electrons. The molecule has 0 heterocycles. The first-order valence-corrected chi connectivity index (χ1v) is 9.26. The highest BCUT2D eigenvalue weighted by Crippen LogP contribution is 2.44. The number of benzene rings is 2. The molecule has 0 saturated heterocycles. The topological polar surface area (TPSA) is 49.3 Å². The molecule has 0 amide bonds. The van der Waals surface area contributed by atoms with E-state index in [1.807, 2.05) is 23.9 Å². The maximum absolute atomic E-state index is 10.9. The van der Waals surface area contributed by atoms with Gasteiger partial charge in [-0.05, 0) is 42.7 Å². The van der Waals surface area contributed by atoms with Crippen LogP contribution in [0.4, 0.5) is 0 Å². The summed E-state index contributed by atoms with van der Waals surface area (Å²) in [5, 5.41) is 12.5. The number of carboxylic acids is 1. The van der Waals surface area contributed by atoms with Gasteiger partial charge in [0.2, 0.25) is 0 Å². The predicted molar refractivity (Wildman–Crippen MR) is 98.6 cm³/mol. The molecule has 0 aliphatic heterocycles. The summed E-state index contributed by atoms with van der Waals surface area (Å²) in [4.78, 5) is 12.2. The van der Waals surface area contributed by atoms with Gasteiger partial charge >= 0.3 is 5.97 Å². The van der Waals surface area contributed by atoms with E-state index in [0.717, 1.165) is 18.7 Å². The van der Waals surface area contributed by atoms with E-state index in [4.69, 9.17) is 5.11 Å². The van der Waals surface area contributed by atoms with Crippen molar-refractivity contribution in [2.24, 2.45) is 0 Å². The first-order valence-electron chi connectivity index (χ1n) is 8.44. The Hall–Kier alpha value is -1.78. The van der Waals surface area contributed by atoms with Crippen LogP contribution < -0.4 is 5.32 Å². The average molecular weight is 341 g/mol. The van der Waals surface area contributed by atoms with Gasteiger partial charge in [0.25, 0.3) is 0 Å². The van der Waals surface area contributed by atoms with Crippen LogP contribution in [0.2, 0.25) is 0 Å². The van der Waals surface area contributed by atoms with Gasteiger partial charge in [-0.1, -0.05) is 43.2 Å². The van der Waals surface area contributed by atoms with Crippen molar-refractivity contribution in [3.63, 3.8) is 0 Å². The summed E-state index contributed by atoms with van der Waals surface area (Å²) in [5.41, 5.74) is 1.46. The maximum atomic E-state index is 10.9. The number of carbonyl (C=O) groups is 1. The summed E-state index contributed by atoms with van der Waals surface area (Å²) in [6.07, 6.45) is 5.10. The van der Waals surface area contributed by atoms with Crippen molar-refractivity contribution in [3.05, 3.63) is 65.7 Å². The van der Waals surface area contributed by atoms with E-state index in [9.17, 15) is 4.79 Å². The second-order valence-electron chi connectivity index (χ2n) is 6.41. The van der Waals surface area contributed by atoms with Crippen LogP contribution in [0.25, 0.3) is 0 Å². The van der Waals surface area contributed by atoms with E-state index in [0.29, 0.717) is 5.56 Å². The van der Waals surface area contributed by atoms with Crippen LogP contribution in [0, 0.1) is 0 Å². The Morgan fingerprint density at radius 2 is 1.71 bits per heavy atom. The van der Waals surface area contributed by atoms with Gasteiger partial charge in [-0.15, -0.1) is 11.8 Å². The number of hydrogen-bond acceptors (Lipinski definition) is 3. The standard InChI is InChI=1S/C20H23NO2S/c22-19(23)17-10-8-16(9-11-17)14-21-15-20(12-4-5-13-20)24-18-6-2-1-3-7-18/h1-3,6-11,21H,4-5,12-15H2,(H,22,23). The Morgan fingerprint density at radius 1 is 1.04 bits per heavy atom. The molecule has 1 fully saturated rings. The van der Waals surface area contributed by atoms with Crippen LogP contribution in [0.1, 0.15) is 41.6 Å². The van der Waals surface area contributed by atoms with E-state index in [1.165, 1.54) is 30.6 Å². The predicted octanol–water partition coefficient (Wildman–Crippen LogP) is 4.58. The van der Waals surface area contributed by atoms with Gasteiger partial charge in [-0.2, -0.15) is 0 Å². The second kappa shape index (κ2) is 7.86. The minimum Gasteiger partial charge on any atom is -0.478 e. The number of rotatable bonds is 7. The largest absolute Gasteiger partial charge is 0.478 e. The molecular formula is C20H23NO2S. The average Bonchev–Trinajstić information content (AvgIpc) is 3.05. The minimum atomic E-state index is -0.876. The van der Waals surface area contributed by atoms with Crippen LogP contribution in [0.5, 0.6) is 0 Å². The smallest absolute Gasteiger partial charge is 0.335 e. The van der Waals surface area contributed by atoms with Gasteiger partial charge in [0.05, 0.1) is 5.56 Å². The van der Waals surface area contributed by atoms with Gasteiger partial charge < -0.3 is 10.4 Å². The summed E-state index contributed by atoms with van der Waals surface area (Å²) < 4.78 is 0.280. The van der Waals surface area contributed by atoms with E-state index in [-0.39, 0.29) is 4.75 Å². The summed E-state index contributed by atoms with van der Waals surface area (Å²) in [5.74, 6) is -0.876. The van der Waals surface area contributed by atoms with Crippen molar-refractivity contribution < 1.29 is 9.90 Å². The van der Waals surface area contributed by atoms with Crippen molar-refractivity contribution in [1.29, 1.82) is 0 Å². The van der Waals surface area contributed by atoms with Gasteiger partial charge in [0.15, 0.2) is 0 Å². The Bertz CT molecular complexity index is 664. The maximum Gasteiger partial charge on any atom is 0.335 e. The number of aromatic carboxylic acids is 1. The fourth-order valence-corrected chi connectivity index (χ4v) is 4.73. The van der Waals surface area contributed by atoms with Crippen LogP contribution in [-0.2, 0) is 6.54 Å². The number of nitrogens with one attached hydrogen (secondary N) is 1. The van der Waals surface area contributed by atoms with Crippen molar-refractivity contribution in [2.75, 3.05) is 6.54 Å². The minimum absolute atomic E-state index is 0.280. The van der Waals surface area contributed by atoms with E-state index in [2.05, 4.69) is 35.6 Å². The molecule has 24 heavy (non-hydrogen) atoms. The van der Waals surface area contributed by atoms with Gasteiger partial charge in [0.1, 0.15) is 0 Å². The highest BCUT2D eigenvalue weighted by Gasteiger charge is 2.34. The third-order valence-electron chi connectivity index (χ3n) is 4.57. The molecule has 1 saturated carbocycles. The Morgan fingerprint density at radius 3 is 2.33 bits per heavy atom. The van der Waals surface area contributed by atoms with Crippen LogP contribution >= 0.6 is 11.8 Å². The lowest BCUT2D eigenvalue weighted by molar-refractivity contribution is 0.0697. The van der Waals surface area contributed by atoms with Crippen molar-refractivity contribution in [2.45, 2.75) is 41.9 Å². The molecular weight excluding hydrogens is 318 g/mol. The Labute approximate surface area is 147 Å². The van der Waals surface area contributed by atoms with Crippen molar-refractivity contribution in [1.82, 2.24) is 5.32 Å². The van der Waals surface area contributed by atoms with Crippen LogP contribution in [-0.4, -0.2) is 22.4 Å². The van der Waals surface area contributed by atoms with E-state index >= 15 is 0 Å². The highest BCUT2D eigenvalue weighted by molar-refractivity contribution is 8.00. The van der Waals surface area contributed by atoms with E-state index in [1.54, 1.807) is 12.1 Å². The Balaban J connectivity index is 1.57. The molecule has 0 bridgehead atoms. The third kappa shape index (κ3) is 4.40. The zero-order chi connectivity index (χ0) is 16.8. The van der Waals surface area contributed by atoms with Gasteiger partial charge in [-0.3, -0.25) is 0 Å². The van der Waals surface area contributed by atoms with Gasteiger partial charge in [0, 0.05) is 22.7 Å². The molecule has 2 N–H and O–H groups in total. The first kappa shape index (κ1) is 17.1. The molecule has 0 unspecified atom stereocenters.